The summed E-state index contributed by atoms with van der Waals surface area (Å²) in [5.41, 5.74) is 10.4. The van der Waals surface area contributed by atoms with Gasteiger partial charge in [-0.25, -0.2) is 0 Å². The summed E-state index contributed by atoms with van der Waals surface area (Å²) in [4.78, 5) is 21.8. The van der Waals surface area contributed by atoms with Crippen molar-refractivity contribution in [2.24, 2.45) is 11.5 Å². The number of amides is 2. The van der Waals surface area contributed by atoms with Gasteiger partial charge in [-0.15, -0.1) is 0 Å². The number of nitrogens with one attached hydrogen (secondary N) is 1. The first-order valence-electron chi connectivity index (χ1n) is 5.38. The average molecular weight is 247 g/mol. The van der Waals surface area contributed by atoms with E-state index in [0.717, 1.165) is 25.0 Å². The van der Waals surface area contributed by atoms with Gasteiger partial charge in [-0.2, -0.15) is 11.8 Å². The van der Waals surface area contributed by atoms with Crippen molar-refractivity contribution in [1.82, 2.24) is 5.32 Å². The van der Waals surface area contributed by atoms with Crippen molar-refractivity contribution in [3.8, 4) is 0 Å². The van der Waals surface area contributed by atoms with Crippen LogP contribution in [0.1, 0.15) is 25.7 Å². The zero-order valence-electron chi connectivity index (χ0n) is 9.70. The zero-order valence-corrected chi connectivity index (χ0v) is 10.5. The molecule has 2 amide bonds. The number of nitrogens with two attached hydrogens (primary N) is 2. The number of carbonyl (C=O) groups is 2. The van der Waals surface area contributed by atoms with Crippen LogP contribution in [0.3, 0.4) is 0 Å². The van der Waals surface area contributed by atoms with Gasteiger partial charge in [0, 0.05) is 6.54 Å². The van der Waals surface area contributed by atoms with Gasteiger partial charge in [-0.05, 0) is 24.9 Å². The Balaban J connectivity index is 3.46. The fraction of sp³-hybridized carbons (Fsp3) is 0.800. The Labute approximate surface area is 101 Å². The Bertz CT molecular complexity index is 224. The first-order valence-corrected chi connectivity index (χ1v) is 6.78. The molecule has 0 saturated carbocycles. The van der Waals surface area contributed by atoms with E-state index >= 15 is 0 Å². The Hall–Kier alpha value is -0.750. The van der Waals surface area contributed by atoms with E-state index in [1.54, 1.807) is 0 Å². The number of rotatable bonds is 9. The van der Waals surface area contributed by atoms with Gasteiger partial charge >= 0.3 is 0 Å². The van der Waals surface area contributed by atoms with Crippen molar-refractivity contribution in [1.29, 1.82) is 0 Å². The van der Waals surface area contributed by atoms with Crippen molar-refractivity contribution < 1.29 is 9.59 Å². The van der Waals surface area contributed by atoms with E-state index in [4.69, 9.17) is 11.5 Å². The normalized spacial score (nSPS) is 12.1. The highest BCUT2D eigenvalue weighted by Gasteiger charge is 2.14. The van der Waals surface area contributed by atoms with Crippen molar-refractivity contribution in [3.63, 3.8) is 0 Å². The van der Waals surface area contributed by atoms with E-state index in [1.807, 2.05) is 11.8 Å². The summed E-state index contributed by atoms with van der Waals surface area (Å²) in [5, 5.41) is 2.69. The molecular formula is C10H21N3O2S. The summed E-state index contributed by atoms with van der Waals surface area (Å²) in [6.07, 6.45) is 5.16. The van der Waals surface area contributed by atoms with E-state index in [9.17, 15) is 9.59 Å². The second-order valence-electron chi connectivity index (χ2n) is 3.62. The summed E-state index contributed by atoms with van der Waals surface area (Å²) < 4.78 is 0. The van der Waals surface area contributed by atoms with Gasteiger partial charge in [0.25, 0.3) is 0 Å². The van der Waals surface area contributed by atoms with Crippen LogP contribution in [0.25, 0.3) is 0 Å². The van der Waals surface area contributed by atoms with Crippen LogP contribution in [-0.4, -0.2) is 36.4 Å². The molecule has 0 radical (unpaired) electrons. The molecule has 0 fully saturated rings. The summed E-state index contributed by atoms with van der Waals surface area (Å²) in [6, 6.07) is -0.816. The highest BCUT2D eigenvalue weighted by Crippen LogP contribution is 2.01. The van der Waals surface area contributed by atoms with E-state index < -0.39 is 11.9 Å². The Morgan fingerprint density at radius 1 is 1.31 bits per heavy atom. The predicted octanol–water partition coefficient (Wildman–Crippen LogP) is -0.161. The third-order valence-electron chi connectivity index (χ3n) is 2.08. The Morgan fingerprint density at radius 2 is 2.00 bits per heavy atom. The lowest BCUT2D eigenvalue weighted by molar-refractivity contribution is -0.126. The van der Waals surface area contributed by atoms with Crippen LogP contribution in [0.4, 0.5) is 0 Å². The van der Waals surface area contributed by atoms with Gasteiger partial charge in [-0.1, -0.05) is 6.42 Å². The maximum absolute atomic E-state index is 11.3. The highest BCUT2D eigenvalue weighted by molar-refractivity contribution is 7.98. The largest absolute Gasteiger partial charge is 0.370 e. The molecule has 0 bridgehead atoms. The highest BCUT2D eigenvalue weighted by atomic mass is 32.2. The van der Waals surface area contributed by atoms with Crippen molar-refractivity contribution in [3.05, 3.63) is 0 Å². The molecule has 0 aromatic heterocycles. The third kappa shape index (κ3) is 8.55. The van der Waals surface area contributed by atoms with Gasteiger partial charge in [0.2, 0.25) is 11.8 Å². The standard InChI is InChI=1S/C10H21N3O2S/c1-16-6-4-2-3-5-13-10(15)8(11)7-9(12)14/h8H,2-7,11H2,1H3,(H2,12,14)(H,13,15). The molecule has 94 valence electrons. The van der Waals surface area contributed by atoms with E-state index in [0.29, 0.717) is 6.54 Å². The van der Waals surface area contributed by atoms with Crippen molar-refractivity contribution >= 4 is 23.6 Å². The molecule has 0 aliphatic carbocycles. The summed E-state index contributed by atoms with van der Waals surface area (Å²) in [6.45, 7) is 0.611. The fourth-order valence-corrected chi connectivity index (χ4v) is 1.69. The lowest BCUT2D eigenvalue weighted by Gasteiger charge is -2.10. The molecule has 0 heterocycles. The number of hydrogen-bond donors (Lipinski definition) is 3. The molecule has 0 aliphatic heterocycles. The number of unbranched alkanes of at least 4 members (excludes halogenated alkanes) is 2. The predicted molar refractivity (Wildman–Crippen MR) is 67.0 cm³/mol. The molecule has 1 atom stereocenters. The quantitative estimate of drug-likeness (QED) is 0.493. The minimum absolute atomic E-state index is 0.0989. The first kappa shape index (κ1) is 15.2. The van der Waals surface area contributed by atoms with Crippen LogP contribution in [-0.2, 0) is 9.59 Å². The zero-order chi connectivity index (χ0) is 12.4. The topological polar surface area (TPSA) is 98.2 Å². The van der Waals surface area contributed by atoms with Gasteiger partial charge in [-0.3, -0.25) is 9.59 Å². The lowest BCUT2D eigenvalue weighted by Crippen LogP contribution is -2.43. The molecule has 0 saturated heterocycles. The fourth-order valence-electron chi connectivity index (χ4n) is 1.20. The summed E-state index contributed by atoms with van der Waals surface area (Å²) in [5.74, 6) is 0.293. The van der Waals surface area contributed by atoms with Gasteiger partial charge in [0.1, 0.15) is 0 Å². The molecule has 0 aromatic carbocycles. The molecule has 6 heteroatoms. The molecule has 0 aromatic rings. The average Bonchev–Trinajstić information content (AvgIpc) is 2.21. The van der Waals surface area contributed by atoms with Gasteiger partial charge in [0.05, 0.1) is 12.5 Å². The summed E-state index contributed by atoms with van der Waals surface area (Å²) in [7, 11) is 0. The molecule has 0 spiro atoms. The van der Waals surface area contributed by atoms with Gasteiger partial charge < -0.3 is 16.8 Å². The van der Waals surface area contributed by atoms with Gasteiger partial charge in [0.15, 0.2) is 0 Å². The molecular weight excluding hydrogens is 226 g/mol. The third-order valence-corrected chi connectivity index (χ3v) is 2.78. The Morgan fingerprint density at radius 3 is 2.56 bits per heavy atom. The van der Waals surface area contributed by atoms with E-state index in [-0.39, 0.29) is 12.3 Å². The maximum Gasteiger partial charge on any atom is 0.237 e. The summed E-state index contributed by atoms with van der Waals surface area (Å²) >= 11 is 1.82. The number of hydrogen-bond acceptors (Lipinski definition) is 4. The van der Waals surface area contributed by atoms with Crippen LogP contribution >= 0.6 is 11.8 Å². The van der Waals surface area contributed by atoms with Crippen LogP contribution < -0.4 is 16.8 Å². The van der Waals surface area contributed by atoms with Crippen LogP contribution in [0.5, 0.6) is 0 Å². The van der Waals surface area contributed by atoms with E-state index in [1.165, 1.54) is 0 Å². The second-order valence-corrected chi connectivity index (χ2v) is 4.61. The minimum Gasteiger partial charge on any atom is -0.370 e. The minimum atomic E-state index is -0.816. The molecule has 5 N–H and O–H groups in total. The number of thioether (sulfide) groups is 1. The molecule has 5 nitrogen and oxygen atoms in total. The van der Waals surface area contributed by atoms with Crippen molar-refractivity contribution in [2.75, 3.05) is 18.6 Å². The molecule has 1 unspecified atom stereocenters. The van der Waals surface area contributed by atoms with Crippen LogP contribution in [0.2, 0.25) is 0 Å². The second kappa shape index (κ2) is 9.47. The molecule has 0 rings (SSSR count). The Kier molecular flexibility index (Phi) is 9.03. The van der Waals surface area contributed by atoms with Crippen LogP contribution in [0.15, 0.2) is 0 Å². The smallest absolute Gasteiger partial charge is 0.237 e. The van der Waals surface area contributed by atoms with E-state index in [2.05, 4.69) is 11.6 Å². The number of carbonyl (C=O) groups excluding carboxylic acids is 2. The van der Waals surface area contributed by atoms with Crippen LogP contribution in [0, 0.1) is 0 Å². The molecule has 0 aliphatic rings. The maximum atomic E-state index is 11.3. The molecule has 16 heavy (non-hydrogen) atoms. The SMILES string of the molecule is CSCCCCCNC(=O)C(N)CC(N)=O. The lowest BCUT2D eigenvalue weighted by atomic mass is 10.2. The number of primary amides is 1. The van der Waals surface area contributed by atoms with Crippen molar-refractivity contribution in [2.45, 2.75) is 31.7 Å². The monoisotopic (exact) mass is 247 g/mol. The first-order chi connectivity index (χ1) is 7.57.